The van der Waals surface area contributed by atoms with Gasteiger partial charge in [-0.25, -0.2) is 0 Å². The van der Waals surface area contributed by atoms with E-state index in [1.807, 2.05) is 25.2 Å². The first-order valence-corrected chi connectivity index (χ1v) is 8.66. The molecule has 1 aromatic rings. The lowest BCUT2D eigenvalue weighted by Crippen LogP contribution is -2.30. The minimum atomic E-state index is 0.209. The van der Waals surface area contributed by atoms with Gasteiger partial charge >= 0.3 is 0 Å². The number of rotatable bonds is 6. The Balaban J connectivity index is 1.86. The average Bonchev–Trinajstić information content (AvgIpc) is 2.53. The molecule has 1 saturated heterocycles. The van der Waals surface area contributed by atoms with Gasteiger partial charge in [-0.05, 0) is 56.5 Å². The number of piperidine rings is 1. The molecule has 0 aliphatic carbocycles. The molecular formula is C17H25BrN2O2. The van der Waals surface area contributed by atoms with Gasteiger partial charge in [0.2, 0.25) is 5.91 Å². The maximum absolute atomic E-state index is 12.3. The van der Waals surface area contributed by atoms with E-state index in [-0.39, 0.29) is 5.91 Å². The molecule has 0 atom stereocenters. The van der Waals surface area contributed by atoms with E-state index in [2.05, 4.69) is 21.2 Å². The summed E-state index contributed by atoms with van der Waals surface area (Å²) < 4.78 is 6.37. The van der Waals surface area contributed by atoms with Crippen molar-refractivity contribution in [2.45, 2.75) is 32.2 Å². The van der Waals surface area contributed by atoms with Crippen molar-refractivity contribution >= 4 is 21.8 Å². The molecule has 0 spiro atoms. The Kier molecular flexibility index (Phi) is 6.70. The number of carbonyl (C=O) groups is 1. The topological polar surface area (TPSA) is 41.6 Å². The number of ether oxygens (including phenoxy) is 1. The summed E-state index contributed by atoms with van der Waals surface area (Å²) in [5.41, 5.74) is 1.02. The quantitative estimate of drug-likeness (QED) is 0.838. The standard InChI is InChI=1S/C17H25BrN2O2/c1-20(12-14-11-15(18)4-5-16(14)22-2)17(21)6-3-13-7-9-19-10-8-13/h4-5,11,13,19H,3,6-10,12H2,1-2H3. The molecular weight excluding hydrogens is 344 g/mol. The summed E-state index contributed by atoms with van der Waals surface area (Å²) in [5, 5.41) is 3.36. The van der Waals surface area contributed by atoms with Crippen LogP contribution in [0.1, 0.15) is 31.2 Å². The summed E-state index contributed by atoms with van der Waals surface area (Å²) in [7, 11) is 3.52. The van der Waals surface area contributed by atoms with Gasteiger partial charge in [0.25, 0.3) is 0 Å². The van der Waals surface area contributed by atoms with E-state index >= 15 is 0 Å². The molecule has 1 heterocycles. The Bertz CT molecular complexity index is 501. The molecule has 122 valence electrons. The van der Waals surface area contributed by atoms with Crippen LogP contribution in [0.15, 0.2) is 22.7 Å². The first-order valence-electron chi connectivity index (χ1n) is 7.87. The summed E-state index contributed by atoms with van der Waals surface area (Å²) in [6.07, 6.45) is 4.02. The summed E-state index contributed by atoms with van der Waals surface area (Å²) in [5.74, 6) is 1.72. The molecule has 1 amide bonds. The summed E-state index contributed by atoms with van der Waals surface area (Å²) in [4.78, 5) is 14.1. The number of hydrogen-bond donors (Lipinski definition) is 1. The van der Waals surface area contributed by atoms with Crippen molar-refractivity contribution in [3.05, 3.63) is 28.2 Å². The number of methoxy groups -OCH3 is 1. The predicted octanol–water partition coefficient (Wildman–Crippen LogP) is 3.20. The second-order valence-corrected chi connectivity index (χ2v) is 6.85. The number of halogens is 1. The molecule has 1 aliphatic rings. The molecule has 1 aliphatic heterocycles. The van der Waals surface area contributed by atoms with Crippen molar-refractivity contribution in [2.24, 2.45) is 5.92 Å². The molecule has 1 aromatic carbocycles. The van der Waals surface area contributed by atoms with Gasteiger partial charge in [0.15, 0.2) is 0 Å². The lowest BCUT2D eigenvalue weighted by Gasteiger charge is -2.24. The van der Waals surface area contributed by atoms with Crippen LogP contribution in [0.4, 0.5) is 0 Å². The van der Waals surface area contributed by atoms with Crippen LogP contribution in [0.5, 0.6) is 5.75 Å². The van der Waals surface area contributed by atoms with Crippen molar-refractivity contribution in [3.63, 3.8) is 0 Å². The first kappa shape index (κ1) is 17.3. The van der Waals surface area contributed by atoms with Gasteiger partial charge in [0, 0.05) is 30.0 Å². The number of carbonyl (C=O) groups excluding carboxylic acids is 1. The molecule has 4 nitrogen and oxygen atoms in total. The van der Waals surface area contributed by atoms with Gasteiger partial charge < -0.3 is 15.0 Å². The molecule has 5 heteroatoms. The maximum atomic E-state index is 12.3. The van der Waals surface area contributed by atoms with E-state index in [1.165, 1.54) is 12.8 Å². The zero-order chi connectivity index (χ0) is 15.9. The maximum Gasteiger partial charge on any atom is 0.222 e. The van der Waals surface area contributed by atoms with E-state index in [9.17, 15) is 4.79 Å². The summed E-state index contributed by atoms with van der Waals surface area (Å²) in [6.45, 7) is 2.75. The van der Waals surface area contributed by atoms with Crippen LogP contribution in [-0.2, 0) is 11.3 Å². The number of nitrogens with zero attached hydrogens (tertiary/aromatic N) is 1. The zero-order valence-electron chi connectivity index (χ0n) is 13.4. The van der Waals surface area contributed by atoms with Crippen LogP contribution < -0.4 is 10.1 Å². The molecule has 0 unspecified atom stereocenters. The molecule has 0 radical (unpaired) electrons. The fraction of sp³-hybridized carbons (Fsp3) is 0.588. The van der Waals surface area contributed by atoms with Gasteiger partial charge in [0.05, 0.1) is 7.11 Å². The summed E-state index contributed by atoms with van der Waals surface area (Å²) in [6, 6.07) is 5.88. The van der Waals surface area contributed by atoms with Crippen LogP contribution in [0, 0.1) is 5.92 Å². The zero-order valence-corrected chi connectivity index (χ0v) is 15.0. The summed E-state index contributed by atoms with van der Waals surface area (Å²) >= 11 is 3.47. The van der Waals surface area contributed by atoms with Crippen LogP contribution in [0.25, 0.3) is 0 Å². The average molecular weight is 369 g/mol. The fourth-order valence-corrected chi connectivity index (χ4v) is 3.31. The lowest BCUT2D eigenvalue weighted by atomic mass is 9.93. The highest BCUT2D eigenvalue weighted by Gasteiger charge is 2.17. The Morgan fingerprint density at radius 1 is 1.41 bits per heavy atom. The van der Waals surface area contributed by atoms with Gasteiger partial charge in [0.1, 0.15) is 5.75 Å². The Morgan fingerprint density at radius 3 is 2.82 bits per heavy atom. The Labute approximate surface area is 141 Å². The first-order chi connectivity index (χ1) is 10.6. The van der Waals surface area contributed by atoms with Crippen molar-refractivity contribution in [1.29, 1.82) is 0 Å². The van der Waals surface area contributed by atoms with E-state index in [0.29, 0.717) is 18.9 Å². The third kappa shape index (κ3) is 4.99. The molecule has 0 saturated carbocycles. The minimum Gasteiger partial charge on any atom is -0.496 e. The van der Waals surface area contributed by atoms with Gasteiger partial charge in [-0.1, -0.05) is 15.9 Å². The van der Waals surface area contributed by atoms with E-state index in [1.54, 1.807) is 12.0 Å². The highest BCUT2D eigenvalue weighted by Crippen LogP contribution is 2.24. The second kappa shape index (κ2) is 8.53. The van der Waals surface area contributed by atoms with Crippen LogP contribution in [0.2, 0.25) is 0 Å². The third-order valence-electron chi connectivity index (χ3n) is 4.30. The second-order valence-electron chi connectivity index (χ2n) is 5.94. The predicted molar refractivity (Wildman–Crippen MR) is 92.0 cm³/mol. The number of nitrogens with one attached hydrogen (secondary N) is 1. The van der Waals surface area contributed by atoms with Crippen molar-refractivity contribution in [3.8, 4) is 5.75 Å². The largest absolute Gasteiger partial charge is 0.496 e. The highest BCUT2D eigenvalue weighted by atomic mass is 79.9. The van der Waals surface area contributed by atoms with Crippen molar-refractivity contribution in [1.82, 2.24) is 10.2 Å². The van der Waals surface area contributed by atoms with Crippen LogP contribution in [0.3, 0.4) is 0 Å². The lowest BCUT2D eigenvalue weighted by molar-refractivity contribution is -0.130. The number of amides is 1. The highest BCUT2D eigenvalue weighted by molar-refractivity contribution is 9.10. The van der Waals surface area contributed by atoms with Gasteiger partial charge in [-0.15, -0.1) is 0 Å². The molecule has 0 bridgehead atoms. The molecule has 1 N–H and O–H groups in total. The minimum absolute atomic E-state index is 0.209. The van der Waals surface area contributed by atoms with Crippen LogP contribution in [-0.4, -0.2) is 38.1 Å². The monoisotopic (exact) mass is 368 g/mol. The molecule has 0 aromatic heterocycles. The van der Waals surface area contributed by atoms with E-state index in [4.69, 9.17) is 4.74 Å². The molecule has 1 fully saturated rings. The number of benzene rings is 1. The third-order valence-corrected chi connectivity index (χ3v) is 4.79. The Hall–Kier alpha value is -1.07. The van der Waals surface area contributed by atoms with Crippen molar-refractivity contribution < 1.29 is 9.53 Å². The SMILES string of the molecule is COc1ccc(Br)cc1CN(C)C(=O)CCC1CCNCC1. The van der Waals surface area contributed by atoms with Gasteiger partial charge in [-0.2, -0.15) is 0 Å². The van der Waals surface area contributed by atoms with E-state index in [0.717, 1.165) is 35.3 Å². The molecule has 22 heavy (non-hydrogen) atoms. The number of hydrogen-bond acceptors (Lipinski definition) is 3. The van der Waals surface area contributed by atoms with E-state index < -0.39 is 0 Å². The van der Waals surface area contributed by atoms with Crippen LogP contribution >= 0.6 is 15.9 Å². The smallest absolute Gasteiger partial charge is 0.222 e. The van der Waals surface area contributed by atoms with Crippen molar-refractivity contribution in [2.75, 3.05) is 27.2 Å². The normalized spacial score (nSPS) is 15.6. The Morgan fingerprint density at radius 2 is 2.14 bits per heavy atom. The molecule has 2 rings (SSSR count). The van der Waals surface area contributed by atoms with Gasteiger partial charge in [-0.3, -0.25) is 4.79 Å². The fourth-order valence-electron chi connectivity index (χ4n) is 2.90.